The van der Waals surface area contributed by atoms with Crippen LogP contribution in [0.2, 0.25) is 0 Å². The second-order valence-corrected chi connectivity index (χ2v) is 15.2. The van der Waals surface area contributed by atoms with Crippen LogP contribution in [0.25, 0.3) is 10.2 Å². The Morgan fingerprint density at radius 3 is 2.65 bits per heavy atom. The van der Waals surface area contributed by atoms with Gasteiger partial charge in [0, 0.05) is 18.7 Å². The Hall–Kier alpha value is -4.25. The third kappa shape index (κ3) is 4.70. The first-order valence-electron chi connectivity index (χ1n) is 16.6. The highest BCUT2D eigenvalue weighted by atomic mass is 32.1. The summed E-state index contributed by atoms with van der Waals surface area (Å²) in [6.45, 7) is 3.74. The largest absolute Gasteiger partial charge is 0.479 e. The number of aryl methyl sites for hydroxylation is 1. The number of thiazole rings is 1. The highest BCUT2D eigenvalue weighted by Crippen LogP contribution is 2.60. The van der Waals surface area contributed by atoms with Gasteiger partial charge >= 0.3 is 5.97 Å². The van der Waals surface area contributed by atoms with Gasteiger partial charge < -0.3 is 20.2 Å². The molecular formula is C35H38N8O2S. The van der Waals surface area contributed by atoms with E-state index in [0.29, 0.717) is 11.2 Å². The number of carboxylic acids is 1. The Kier molecular flexibility index (Phi) is 6.49. The van der Waals surface area contributed by atoms with Crippen molar-refractivity contribution in [2.75, 3.05) is 21.7 Å². The fraction of sp³-hybridized carbons (Fsp3) is 0.457. The number of para-hydroxylation sites is 1. The number of anilines is 4. The van der Waals surface area contributed by atoms with Gasteiger partial charge in [-0.25, -0.2) is 9.78 Å². The maximum Gasteiger partial charge on any atom is 0.330 e. The molecule has 10 rings (SSSR count). The number of benzene rings is 1. The van der Waals surface area contributed by atoms with E-state index in [1.807, 2.05) is 47.5 Å². The van der Waals surface area contributed by atoms with Crippen molar-refractivity contribution in [3.63, 3.8) is 0 Å². The van der Waals surface area contributed by atoms with E-state index in [4.69, 9.17) is 10.2 Å². The van der Waals surface area contributed by atoms with Crippen LogP contribution in [0.15, 0.2) is 60.6 Å². The number of carbonyl (C=O) groups is 1. The molecule has 2 aliphatic heterocycles. The van der Waals surface area contributed by atoms with Crippen LogP contribution in [0.4, 0.5) is 22.5 Å². The van der Waals surface area contributed by atoms with E-state index in [-0.39, 0.29) is 0 Å². The predicted octanol–water partition coefficient (Wildman–Crippen LogP) is 6.67. The number of nitrogens with one attached hydrogen (secondary N) is 1. The van der Waals surface area contributed by atoms with Crippen molar-refractivity contribution in [3.8, 4) is 0 Å². The number of aliphatic carboxylic acids is 1. The first-order valence-corrected chi connectivity index (χ1v) is 17.4. The van der Waals surface area contributed by atoms with Gasteiger partial charge in [-0.1, -0.05) is 35.6 Å². The number of rotatable bonds is 7. The zero-order valence-electron chi connectivity index (χ0n) is 26.0. The van der Waals surface area contributed by atoms with E-state index in [0.717, 1.165) is 87.6 Å². The van der Waals surface area contributed by atoms with Crippen LogP contribution < -0.4 is 15.1 Å². The smallest absolute Gasteiger partial charge is 0.330 e. The Morgan fingerprint density at radius 1 is 1.11 bits per heavy atom. The standard InChI is InChI=1S/C35H38N8O2S/c1-21-28(19-36-42(21)20-35-16-22-12-23(17-35)14-24(13-22)18-35)43-27(33(44)45)8-4-10-31(43)41-11-5-6-25-15-30(39-40-32(25)41)38-34-37-26-7-2-3-9-29(26)46-34/h2-4,7-10,15,19,22-24,27H,5-6,11-14,16-18,20H2,1H3,(H,44,45)(H,37,38,39). The summed E-state index contributed by atoms with van der Waals surface area (Å²) in [4.78, 5) is 21.5. The summed E-state index contributed by atoms with van der Waals surface area (Å²) in [6, 6.07) is 9.27. The van der Waals surface area contributed by atoms with E-state index in [2.05, 4.69) is 38.0 Å². The molecule has 0 saturated heterocycles. The molecule has 4 saturated carbocycles. The normalized spacial score (nSPS) is 28.1. The van der Waals surface area contributed by atoms with Gasteiger partial charge in [-0.05, 0) is 106 Å². The topological polar surface area (TPSA) is 112 Å². The maximum absolute atomic E-state index is 12.7. The van der Waals surface area contributed by atoms with Crippen LogP contribution in [-0.4, -0.2) is 48.6 Å². The summed E-state index contributed by atoms with van der Waals surface area (Å²) < 4.78 is 3.28. The van der Waals surface area contributed by atoms with Crippen LogP contribution in [0, 0.1) is 30.1 Å². The van der Waals surface area contributed by atoms with Crippen LogP contribution in [0.1, 0.15) is 56.2 Å². The van der Waals surface area contributed by atoms with Crippen LogP contribution in [-0.2, 0) is 17.8 Å². The second-order valence-electron chi connectivity index (χ2n) is 14.2. The fourth-order valence-corrected chi connectivity index (χ4v) is 10.4. The van der Waals surface area contributed by atoms with Crippen molar-refractivity contribution in [1.29, 1.82) is 0 Å². The molecule has 0 amide bonds. The minimum atomic E-state index is -0.895. The molecule has 4 fully saturated rings. The molecule has 0 spiro atoms. The van der Waals surface area contributed by atoms with Crippen LogP contribution >= 0.6 is 11.3 Å². The molecular weight excluding hydrogens is 597 g/mol. The van der Waals surface area contributed by atoms with E-state index in [1.54, 1.807) is 17.4 Å². The lowest BCUT2D eigenvalue weighted by Gasteiger charge is -2.56. The molecule has 3 aromatic heterocycles. The molecule has 10 nitrogen and oxygen atoms in total. The first kappa shape index (κ1) is 28.0. The van der Waals surface area contributed by atoms with Gasteiger partial charge in [0.2, 0.25) is 0 Å². The number of hydrogen-bond donors (Lipinski definition) is 2. The Labute approximate surface area is 271 Å². The summed E-state index contributed by atoms with van der Waals surface area (Å²) in [5.74, 6) is 3.92. The molecule has 1 aromatic carbocycles. The summed E-state index contributed by atoms with van der Waals surface area (Å²) in [6.07, 6.45) is 17.4. The fourth-order valence-electron chi connectivity index (χ4n) is 9.56. The molecule has 1 unspecified atom stereocenters. The summed E-state index contributed by atoms with van der Waals surface area (Å²) in [5.41, 5.74) is 4.20. The van der Waals surface area contributed by atoms with Gasteiger partial charge in [-0.15, -0.1) is 10.2 Å². The summed E-state index contributed by atoms with van der Waals surface area (Å²) >= 11 is 1.59. The molecule has 1 atom stereocenters. The Bertz CT molecular complexity index is 1840. The number of fused-ring (bicyclic) bond motifs is 2. The lowest BCUT2D eigenvalue weighted by molar-refractivity contribution is -0.137. The minimum absolute atomic E-state index is 0.327. The Balaban J connectivity index is 1.02. The van der Waals surface area contributed by atoms with E-state index in [9.17, 15) is 9.90 Å². The van der Waals surface area contributed by atoms with E-state index < -0.39 is 12.0 Å². The van der Waals surface area contributed by atoms with Gasteiger partial charge in [-0.3, -0.25) is 4.68 Å². The maximum atomic E-state index is 12.7. The van der Waals surface area contributed by atoms with Crippen molar-refractivity contribution in [3.05, 3.63) is 71.8 Å². The van der Waals surface area contributed by atoms with Crippen molar-refractivity contribution < 1.29 is 9.90 Å². The van der Waals surface area contributed by atoms with Crippen molar-refractivity contribution in [2.45, 2.75) is 70.9 Å². The number of hydrogen-bond acceptors (Lipinski definition) is 9. The molecule has 236 valence electrons. The summed E-state index contributed by atoms with van der Waals surface area (Å²) in [7, 11) is 0. The molecule has 46 heavy (non-hydrogen) atoms. The monoisotopic (exact) mass is 634 g/mol. The zero-order chi connectivity index (χ0) is 31.0. The number of aromatic nitrogens is 5. The third-order valence-corrected chi connectivity index (χ3v) is 12.0. The SMILES string of the molecule is Cc1c(N2C(N3CCCc4cc(Nc5nc6ccccc6s5)nnc43)=CC=CC2C(=O)O)cnn1CC12CC3CC(CC(C3)C1)C2. The van der Waals surface area contributed by atoms with Gasteiger partial charge in [0.05, 0.1) is 27.8 Å². The first-order chi connectivity index (χ1) is 22.4. The summed E-state index contributed by atoms with van der Waals surface area (Å²) in [5, 5.41) is 28.7. The lowest BCUT2D eigenvalue weighted by atomic mass is 9.49. The molecule has 4 bridgehead atoms. The van der Waals surface area contributed by atoms with Gasteiger partial charge in [-0.2, -0.15) is 5.10 Å². The van der Waals surface area contributed by atoms with E-state index in [1.165, 1.54) is 38.5 Å². The molecule has 6 aliphatic rings. The van der Waals surface area contributed by atoms with Crippen molar-refractivity contribution >= 4 is 50.0 Å². The average molecular weight is 635 g/mol. The zero-order valence-corrected chi connectivity index (χ0v) is 26.8. The van der Waals surface area contributed by atoms with Crippen LogP contribution in [0.5, 0.6) is 0 Å². The number of carboxylic acid groups (broad SMARTS) is 1. The van der Waals surface area contributed by atoms with Crippen LogP contribution in [0.3, 0.4) is 0 Å². The third-order valence-electron chi connectivity index (χ3n) is 11.0. The second kappa shape index (κ2) is 10.7. The molecule has 4 aromatic rings. The quantitative estimate of drug-likeness (QED) is 0.230. The van der Waals surface area contributed by atoms with Gasteiger partial charge in [0.15, 0.2) is 22.8 Å². The molecule has 2 N–H and O–H groups in total. The molecule has 4 aliphatic carbocycles. The number of allylic oxidation sites excluding steroid dienone is 2. The number of nitrogens with zero attached hydrogens (tertiary/aromatic N) is 7. The van der Waals surface area contributed by atoms with Crippen molar-refractivity contribution in [2.24, 2.45) is 23.2 Å². The molecule has 0 radical (unpaired) electrons. The highest BCUT2D eigenvalue weighted by molar-refractivity contribution is 7.22. The average Bonchev–Trinajstić information content (AvgIpc) is 3.61. The van der Waals surface area contributed by atoms with E-state index >= 15 is 0 Å². The predicted molar refractivity (Wildman–Crippen MR) is 179 cm³/mol. The Morgan fingerprint density at radius 2 is 1.89 bits per heavy atom. The lowest BCUT2D eigenvalue weighted by Crippen LogP contribution is -2.48. The molecule has 11 heteroatoms. The minimum Gasteiger partial charge on any atom is -0.479 e. The van der Waals surface area contributed by atoms with Gasteiger partial charge in [0.1, 0.15) is 5.82 Å². The highest BCUT2D eigenvalue weighted by Gasteiger charge is 2.51. The molecule has 5 heterocycles. The van der Waals surface area contributed by atoms with Crippen molar-refractivity contribution in [1.82, 2.24) is 25.0 Å². The van der Waals surface area contributed by atoms with Gasteiger partial charge in [0.25, 0.3) is 0 Å².